The van der Waals surface area contributed by atoms with Crippen molar-refractivity contribution in [2.24, 2.45) is 23.7 Å². The quantitative estimate of drug-likeness (QED) is 0.843. The number of nitrogens with one attached hydrogen (secondary N) is 1. The van der Waals surface area contributed by atoms with Crippen LogP contribution in [0, 0.1) is 23.7 Å². The summed E-state index contributed by atoms with van der Waals surface area (Å²) >= 11 is 0. The van der Waals surface area contributed by atoms with Crippen molar-refractivity contribution in [3.8, 4) is 0 Å². The number of amides is 1. The van der Waals surface area contributed by atoms with Crippen molar-refractivity contribution in [2.45, 2.75) is 19.8 Å². The molecule has 0 spiro atoms. The number of oxazole rings is 1. The van der Waals surface area contributed by atoms with E-state index in [4.69, 9.17) is 4.42 Å². The van der Waals surface area contributed by atoms with E-state index in [2.05, 4.69) is 10.3 Å². The zero-order valence-corrected chi connectivity index (χ0v) is 13.2. The number of carbonyl (C=O) groups is 2. The highest BCUT2D eigenvalue weighted by Crippen LogP contribution is 2.48. The zero-order chi connectivity index (χ0) is 16.8. The van der Waals surface area contributed by atoms with Gasteiger partial charge < -0.3 is 14.8 Å². The van der Waals surface area contributed by atoms with Crippen LogP contribution in [0.5, 0.6) is 0 Å². The summed E-state index contributed by atoms with van der Waals surface area (Å²) in [4.78, 5) is 28.6. The molecule has 0 radical (unpaired) electrons. The fraction of sp³-hybridized carbons (Fsp3) is 0.389. The standard InChI is InChI=1S/C18H18N2O4/c1-2-14-20-12-8-11(5-6-13(12)24-14)19-17(21)15-9-3-4-10(7-9)16(15)18(22)23/h3-6,8-10,15-16H,2,7H2,1H3,(H,19,21)(H,22,23)/t9-,10-,15+,16-/m0/s1. The number of carboxylic acids is 1. The number of benzene rings is 1. The van der Waals surface area contributed by atoms with Crippen LogP contribution in [0.2, 0.25) is 0 Å². The van der Waals surface area contributed by atoms with E-state index in [9.17, 15) is 14.7 Å². The maximum Gasteiger partial charge on any atom is 0.307 e. The fourth-order valence-corrected chi connectivity index (χ4v) is 3.95. The molecule has 124 valence electrons. The fourth-order valence-electron chi connectivity index (χ4n) is 3.95. The Morgan fingerprint density at radius 1 is 1.29 bits per heavy atom. The Balaban J connectivity index is 1.57. The van der Waals surface area contributed by atoms with Crippen molar-refractivity contribution in [3.63, 3.8) is 0 Å². The molecule has 6 heteroatoms. The second-order valence-corrected chi connectivity index (χ2v) is 6.47. The van der Waals surface area contributed by atoms with E-state index >= 15 is 0 Å². The van der Waals surface area contributed by atoms with E-state index in [0.29, 0.717) is 29.1 Å². The van der Waals surface area contributed by atoms with Gasteiger partial charge in [0, 0.05) is 12.1 Å². The topological polar surface area (TPSA) is 92.4 Å². The molecule has 1 aromatic carbocycles. The zero-order valence-electron chi connectivity index (χ0n) is 13.2. The van der Waals surface area contributed by atoms with Crippen LogP contribution in [0.25, 0.3) is 11.1 Å². The van der Waals surface area contributed by atoms with Gasteiger partial charge in [0.15, 0.2) is 11.5 Å². The highest BCUT2D eigenvalue weighted by molar-refractivity contribution is 5.97. The second-order valence-electron chi connectivity index (χ2n) is 6.47. The molecule has 4 atom stereocenters. The number of anilines is 1. The lowest BCUT2D eigenvalue weighted by Gasteiger charge is -2.23. The summed E-state index contributed by atoms with van der Waals surface area (Å²) in [6.45, 7) is 1.96. The Bertz CT molecular complexity index is 854. The molecule has 1 fully saturated rings. The number of fused-ring (bicyclic) bond motifs is 3. The summed E-state index contributed by atoms with van der Waals surface area (Å²) in [6, 6.07) is 5.28. The predicted octanol–water partition coefficient (Wildman–Crippen LogP) is 2.85. The normalized spacial score (nSPS) is 27.7. The average molecular weight is 326 g/mol. The summed E-state index contributed by atoms with van der Waals surface area (Å²) in [5.74, 6) is -1.66. The smallest absolute Gasteiger partial charge is 0.307 e. The Morgan fingerprint density at radius 3 is 2.75 bits per heavy atom. The van der Waals surface area contributed by atoms with Crippen molar-refractivity contribution >= 4 is 28.7 Å². The molecule has 1 amide bonds. The summed E-state index contributed by atoms with van der Waals surface area (Å²) in [5, 5.41) is 12.3. The van der Waals surface area contributed by atoms with E-state index in [0.717, 1.165) is 6.42 Å². The SMILES string of the molecule is CCc1nc2cc(NC(=O)[C@H]3[C@@H](C(=O)O)[C@H]4C=C[C@H]3C4)ccc2o1. The summed E-state index contributed by atoms with van der Waals surface area (Å²) in [5.41, 5.74) is 1.97. The monoisotopic (exact) mass is 326 g/mol. The first-order chi connectivity index (χ1) is 11.6. The number of aromatic nitrogens is 1. The summed E-state index contributed by atoms with van der Waals surface area (Å²) < 4.78 is 5.56. The highest BCUT2D eigenvalue weighted by Gasteiger charge is 2.51. The first-order valence-corrected chi connectivity index (χ1v) is 8.18. The van der Waals surface area contributed by atoms with Gasteiger partial charge >= 0.3 is 5.97 Å². The minimum atomic E-state index is -0.897. The lowest BCUT2D eigenvalue weighted by atomic mass is 9.82. The van der Waals surface area contributed by atoms with Crippen LogP contribution < -0.4 is 5.32 Å². The van der Waals surface area contributed by atoms with Gasteiger partial charge in [-0.25, -0.2) is 4.98 Å². The van der Waals surface area contributed by atoms with Gasteiger partial charge in [-0.05, 0) is 36.5 Å². The molecule has 4 rings (SSSR count). The molecule has 2 N–H and O–H groups in total. The molecule has 2 bridgehead atoms. The van der Waals surface area contributed by atoms with Crippen LogP contribution in [0.1, 0.15) is 19.2 Å². The van der Waals surface area contributed by atoms with Crippen LogP contribution >= 0.6 is 0 Å². The molecule has 1 saturated carbocycles. The van der Waals surface area contributed by atoms with Gasteiger partial charge in [0.1, 0.15) is 5.52 Å². The number of rotatable bonds is 4. The Labute approximate surface area is 138 Å². The molecule has 6 nitrogen and oxygen atoms in total. The number of carbonyl (C=O) groups excluding carboxylic acids is 1. The third-order valence-corrected chi connectivity index (χ3v) is 5.05. The van der Waals surface area contributed by atoms with E-state index in [1.54, 1.807) is 18.2 Å². The van der Waals surface area contributed by atoms with E-state index < -0.39 is 17.8 Å². The number of carboxylic acid groups (broad SMARTS) is 1. The van der Waals surface area contributed by atoms with Crippen LogP contribution in [-0.4, -0.2) is 22.0 Å². The molecule has 24 heavy (non-hydrogen) atoms. The molecular weight excluding hydrogens is 308 g/mol. The molecule has 0 saturated heterocycles. The number of hydrogen-bond acceptors (Lipinski definition) is 4. The molecule has 1 heterocycles. The van der Waals surface area contributed by atoms with Gasteiger partial charge in [-0.2, -0.15) is 0 Å². The van der Waals surface area contributed by atoms with Gasteiger partial charge in [0.05, 0.1) is 11.8 Å². The van der Waals surface area contributed by atoms with Crippen LogP contribution in [0.3, 0.4) is 0 Å². The maximum absolute atomic E-state index is 12.7. The lowest BCUT2D eigenvalue weighted by Crippen LogP contribution is -2.36. The predicted molar refractivity (Wildman–Crippen MR) is 87.4 cm³/mol. The maximum atomic E-state index is 12.7. The van der Waals surface area contributed by atoms with E-state index in [1.807, 2.05) is 19.1 Å². The molecule has 2 aliphatic rings. The summed E-state index contributed by atoms with van der Waals surface area (Å²) in [6.07, 6.45) is 5.36. The van der Waals surface area contributed by atoms with Gasteiger partial charge in [-0.1, -0.05) is 19.1 Å². The van der Waals surface area contributed by atoms with Crippen LogP contribution in [-0.2, 0) is 16.0 Å². The molecular formula is C18H18N2O4. The average Bonchev–Trinajstić information content (AvgIpc) is 3.26. The van der Waals surface area contributed by atoms with E-state index in [-0.39, 0.29) is 17.7 Å². The Hall–Kier alpha value is -2.63. The minimum absolute atomic E-state index is 0.0126. The number of aryl methyl sites for hydroxylation is 1. The molecule has 0 unspecified atom stereocenters. The Kier molecular flexibility index (Phi) is 3.40. The van der Waals surface area contributed by atoms with Gasteiger partial charge in [0.2, 0.25) is 5.91 Å². The highest BCUT2D eigenvalue weighted by atomic mass is 16.4. The summed E-state index contributed by atoms with van der Waals surface area (Å²) in [7, 11) is 0. The van der Waals surface area contributed by atoms with Crippen LogP contribution in [0.4, 0.5) is 5.69 Å². The van der Waals surface area contributed by atoms with Crippen molar-refractivity contribution < 1.29 is 19.1 Å². The van der Waals surface area contributed by atoms with Gasteiger partial charge in [0.25, 0.3) is 0 Å². The van der Waals surface area contributed by atoms with Crippen molar-refractivity contribution in [3.05, 3.63) is 36.2 Å². The number of allylic oxidation sites excluding steroid dienone is 2. The van der Waals surface area contributed by atoms with Gasteiger partial charge in [-0.3, -0.25) is 9.59 Å². The second kappa shape index (κ2) is 5.47. The third kappa shape index (κ3) is 2.29. The lowest BCUT2D eigenvalue weighted by molar-refractivity contribution is -0.146. The van der Waals surface area contributed by atoms with Crippen molar-refractivity contribution in [1.82, 2.24) is 4.98 Å². The van der Waals surface area contributed by atoms with Crippen molar-refractivity contribution in [2.75, 3.05) is 5.32 Å². The number of nitrogens with zero attached hydrogens (tertiary/aromatic N) is 1. The first-order valence-electron chi connectivity index (χ1n) is 8.18. The molecule has 0 aliphatic heterocycles. The number of hydrogen-bond donors (Lipinski definition) is 2. The van der Waals surface area contributed by atoms with Gasteiger partial charge in [-0.15, -0.1) is 0 Å². The molecule has 2 aromatic rings. The molecule has 1 aromatic heterocycles. The third-order valence-electron chi connectivity index (χ3n) is 5.05. The molecule has 2 aliphatic carbocycles. The number of aliphatic carboxylic acids is 1. The van der Waals surface area contributed by atoms with E-state index in [1.165, 1.54) is 0 Å². The first kappa shape index (κ1) is 14.9. The minimum Gasteiger partial charge on any atom is -0.481 e. The Morgan fingerprint density at radius 2 is 2.04 bits per heavy atom. The largest absolute Gasteiger partial charge is 0.481 e. The van der Waals surface area contributed by atoms with Crippen LogP contribution in [0.15, 0.2) is 34.8 Å². The van der Waals surface area contributed by atoms with Crippen molar-refractivity contribution in [1.29, 1.82) is 0 Å².